The van der Waals surface area contributed by atoms with Gasteiger partial charge >= 0.3 is 6.09 Å². The van der Waals surface area contributed by atoms with Crippen molar-refractivity contribution in [3.8, 4) is 0 Å². The lowest BCUT2D eigenvalue weighted by Crippen LogP contribution is -2.63. The van der Waals surface area contributed by atoms with Gasteiger partial charge in [0.05, 0.1) is 5.54 Å². The van der Waals surface area contributed by atoms with Crippen LogP contribution in [0, 0.1) is 5.92 Å². The summed E-state index contributed by atoms with van der Waals surface area (Å²) in [6.45, 7) is 10.2. The van der Waals surface area contributed by atoms with Gasteiger partial charge in [-0.15, -0.1) is 0 Å². The van der Waals surface area contributed by atoms with Crippen molar-refractivity contribution in [2.75, 3.05) is 26.8 Å². The summed E-state index contributed by atoms with van der Waals surface area (Å²) in [5.41, 5.74) is -0.646. The number of likely N-dealkylation sites (N-methyl/N-ethyl adjacent to an activating group) is 1. The molecule has 21 heavy (non-hydrogen) atoms. The Hall–Kier alpha value is -0.810. The largest absolute Gasteiger partial charge is 0.444 e. The second-order valence-electron chi connectivity index (χ2n) is 7.14. The Morgan fingerprint density at radius 3 is 2.52 bits per heavy atom. The molecule has 0 aromatic rings. The van der Waals surface area contributed by atoms with Crippen LogP contribution in [0.15, 0.2) is 0 Å². The molecule has 0 saturated heterocycles. The minimum Gasteiger partial charge on any atom is -0.444 e. The maximum atomic E-state index is 12.0. The molecule has 0 bridgehead atoms. The van der Waals surface area contributed by atoms with Crippen molar-refractivity contribution in [2.45, 2.75) is 64.5 Å². The molecule has 0 aliphatic heterocycles. The Morgan fingerprint density at radius 2 is 2.00 bits per heavy atom. The summed E-state index contributed by atoms with van der Waals surface area (Å²) in [6, 6.07) is 0. The van der Waals surface area contributed by atoms with Crippen molar-refractivity contribution < 1.29 is 14.3 Å². The molecule has 0 spiro atoms. The van der Waals surface area contributed by atoms with E-state index >= 15 is 0 Å². The van der Waals surface area contributed by atoms with Gasteiger partial charge in [-0.25, -0.2) is 4.79 Å². The average Bonchev–Trinajstić information content (AvgIpc) is 2.29. The lowest BCUT2D eigenvalue weighted by molar-refractivity contribution is 0.000922. The second kappa shape index (κ2) is 7.99. The van der Waals surface area contributed by atoms with E-state index in [1.165, 1.54) is 0 Å². The minimum absolute atomic E-state index is 0.185. The molecule has 2 N–H and O–H groups in total. The fourth-order valence-corrected chi connectivity index (χ4v) is 2.81. The third kappa shape index (κ3) is 6.66. The number of nitrogens with one attached hydrogen (secondary N) is 2. The molecule has 124 valence electrons. The highest BCUT2D eigenvalue weighted by atomic mass is 16.6. The van der Waals surface area contributed by atoms with Crippen LogP contribution in [0.2, 0.25) is 0 Å². The van der Waals surface area contributed by atoms with E-state index in [0.717, 1.165) is 45.4 Å². The number of alkyl carbamates (subject to hydrolysis) is 1. The van der Waals surface area contributed by atoms with Gasteiger partial charge in [-0.2, -0.15) is 0 Å². The molecule has 1 amide bonds. The van der Waals surface area contributed by atoms with Crippen molar-refractivity contribution in [2.24, 2.45) is 5.92 Å². The molecule has 1 saturated carbocycles. The lowest BCUT2D eigenvalue weighted by Gasteiger charge is -2.48. The van der Waals surface area contributed by atoms with Crippen LogP contribution in [-0.2, 0) is 9.47 Å². The smallest absolute Gasteiger partial charge is 0.408 e. The van der Waals surface area contributed by atoms with Crippen molar-refractivity contribution in [3.05, 3.63) is 0 Å². The van der Waals surface area contributed by atoms with Gasteiger partial charge in [-0.05, 0) is 53.0 Å². The zero-order chi connectivity index (χ0) is 15.9. The first-order valence-corrected chi connectivity index (χ1v) is 8.04. The molecule has 1 rings (SSSR count). The van der Waals surface area contributed by atoms with Crippen LogP contribution in [0.25, 0.3) is 0 Å². The number of carbonyl (C=O) groups excluding carboxylic acids is 1. The van der Waals surface area contributed by atoms with Gasteiger partial charge < -0.3 is 20.1 Å². The molecule has 0 atom stereocenters. The molecular weight excluding hydrogens is 268 g/mol. The zero-order valence-electron chi connectivity index (χ0n) is 14.3. The van der Waals surface area contributed by atoms with Crippen LogP contribution in [0.3, 0.4) is 0 Å². The third-order valence-corrected chi connectivity index (χ3v) is 3.64. The van der Waals surface area contributed by atoms with Crippen LogP contribution in [0.4, 0.5) is 4.79 Å². The minimum atomic E-state index is -0.461. The maximum absolute atomic E-state index is 12.0. The van der Waals surface area contributed by atoms with E-state index in [4.69, 9.17) is 9.47 Å². The van der Waals surface area contributed by atoms with E-state index in [1.54, 1.807) is 0 Å². The molecule has 0 heterocycles. The van der Waals surface area contributed by atoms with Crippen molar-refractivity contribution >= 4 is 6.09 Å². The number of unbranched alkanes of at least 4 members (excludes halogenated alkanes) is 1. The van der Waals surface area contributed by atoms with Crippen molar-refractivity contribution in [3.63, 3.8) is 0 Å². The van der Waals surface area contributed by atoms with Crippen molar-refractivity contribution in [1.82, 2.24) is 10.6 Å². The predicted molar refractivity (Wildman–Crippen MR) is 84.5 cm³/mol. The van der Waals surface area contributed by atoms with Gasteiger partial charge in [-0.1, -0.05) is 13.3 Å². The number of hydrogen-bond donors (Lipinski definition) is 2. The van der Waals surface area contributed by atoms with Crippen LogP contribution in [-0.4, -0.2) is 44.0 Å². The van der Waals surface area contributed by atoms with Crippen LogP contribution in [0.1, 0.15) is 53.4 Å². The fourth-order valence-electron chi connectivity index (χ4n) is 2.81. The highest BCUT2D eigenvalue weighted by molar-refractivity contribution is 5.69. The average molecular weight is 300 g/mol. The van der Waals surface area contributed by atoms with E-state index in [1.807, 2.05) is 27.8 Å². The molecule has 0 aromatic heterocycles. The lowest BCUT2D eigenvalue weighted by atomic mass is 9.68. The van der Waals surface area contributed by atoms with E-state index in [9.17, 15) is 4.79 Å². The Morgan fingerprint density at radius 1 is 1.33 bits per heavy atom. The summed E-state index contributed by atoms with van der Waals surface area (Å²) in [5, 5.41) is 6.20. The van der Waals surface area contributed by atoms with E-state index < -0.39 is 5.60 Å². The fraction of sp³-hybridized carbons (Fsp3) is 0.938. The number of rotatable bonds is 8. The molecule has 0 aromatic carbocycles. The predicted octanol–water partition coefficient (Wildman–Crippen LogP) is 2.70. The number of hydrogen-bond acceptors (Lipinski definition) is 4. The summed E-state index contributed by atoms with van der Waals surface area (Å²) in [5.74, 6) is 0.533. The van der Waals surface area contributed by atoms with Crippen LogP contribution in [0.5, 0.6) is 0 Å². The van der Waals surface area contributed by atoms with E-state index in [0.29, 0.717) is 5.92 Å². The van der Waals surface area contributed by atoms with E-state index in [-0.39, 0.29) is 11.6 Å². The van der Waals surface area contributed by atoms with Gasteiger partial charge in [0, 0.05) is 19.8 Å². The molecule has 0 unspecified atom stereocenters. The maximum Gasteiger partial charge on any atom is 0.408 e. The summed E-state index contributed by atoms with van der Waals surface area (Å²) < 4.78 is 11.0. The SMILES string of the molecule is CCCCOCC1CC(CNC)(NC(=O)OC(C)(C)C)C1. The normalized spacial score (nSPS) is 25.3. The van der Waals surface area contributed by atoms with Gasteiger partial charge in [-0.3, -0.25) is 0 Å². The third-order valence-electron chi connectivity index (χ3n) is 3.64. The standard InChI is InChI=1S/C16H32N2O3/c1-6-7-8-20-11-13-9-16(10-13,12-17-5)18-14(19)21-15(2,3)4/h13,17H,6-12H2,1-5H3,(H,18,19). The molecule has 5 heteroatoms. The first kappa shape index (κ1) is 18.2. The van der Waals surface area contributed by atoms with Crippen LogP contribution < -0.4 is 10.6 Å². The summed E-state index contributed by atoms with van der Waals surface area (Å²) in [4.78, 5) is 12.0. The van der Waals surface area contributed by atoms with Crippen LogP contribution >= 0.6 is 0 Å². The van der Waals surface area contributed by atoms with E-state index in [2.05, 4.69) is 17.6 Å². The quantitative estimate of drug-likeness (QED) is 0.677. The molecule has 1 fully saturated rings. The number of ether oxygens (including phenoxy) is 2. The van der Waals surface area contributed by atoms with Gasteiger partial charge in [0.25, 0.3) is 0 Å². The molecule has 5 nitrogen and oxygen atoms in total. The monoisotopic (exact) mass is 300 g/mol. The molecule has 1 aliphatic carbocycles. The Labute approximate surface area is 129 Å². The molecule has 0 radical (unpaired) electrons. The highest BCUT2D eigenvalue weighted by Crippen LogP contribution is 2.38. The second-order valence-corrected chi connectivity index (χ2v) is 7.14. The molecule has 1 aliphatic rings. The Bertz CT molecular complexity index is 320. The Kier molecular flexibility index (Phi) is 6.94. The first-order chi connectivity index (χ1) is 9.80. The van der Waals surface area contributed by atoms with Gasteiger partial charge in [0.2, 0.25) is 0 Å². The first-order valence-electron chi connectivity index (χ1n) is 8.04. The van der Waals surface area contributed by atoms with Gasteiger partial charge in [0.15, 0.2) is 0 Å². The highest BCUT2D eigenvalue weighted by Gasteiger charge is 2.45. The summed E-state index contributed by atoms with van der Waals surface area (Å²) >= 11 is 0. The Balaban J connectivity index is 2.36. The summed E-state index contributed by atoms with van der Waals surface area (Å²) in [7, 11) is 1.91. The zero-order valence-corrected chi connectivity index (χ0v) is 14.3. The number of carbonyl (C=O) groups is 1. The topological polar surface area (TPSA) is 59.6 Å². The van der Waals surface area contributed by atoms with Crippen molar-refractivity contribution in [1.29, 1.82) is 0 Å². The molecular formula is C16H32N2O3. The summed E-state index contributed by atoms with van der Waals surface area (Å²) in [6.07, 6.45) is 3.83. The van der Waals surface area contributed by atoms with Gasteiger partial charge in [0.1, 0.15) is 5.60 Å². The number of amides is 1.